The first kappa shape index (κ1) is 35.3. The molecule has 0 saturated carbocycles. The molecule has 12 rings (SSSR count). The zero-order chi connectivity index (χ0) is 40.5. The van der Waals surface area contributed by atoms with Crippen LogP contribution in [0.3, 0.4) is 0 Å². The fourth-order valence-electron chi connectivity index (χ4n) is 8.89. The molecule has 3 aromatic heterocycles. The van der Waals surface area contributed by atoms with Gasteiger partial charge in [0.05, 0.1) is 15.9 Å². The van der Waals surface area contributed by atoms with Gasteiger partial charge in [0, 0.05) is 48.3 Å². The second-order valence-electron chi connectivity index (χ2n) is 15.8. The summed E-state index contributed by atoms with van der Waals surface area (Å²) in [5.74, 6) is 1.47. The first-order valence-electron chi connectivity index (χ1n) is 20.5. The molecule has 0 fully saturated rings. The molecule has 6 heteroatoms. The summed E-state index contributed by atoms with van der Waals surface area (Å²) in [6, 6.07) is 68.1. The smallest absolute Gasteiger partial charge is 0.159 e. The highest BCUT2D eigenvalue weighted by molar-refractivity contribution is 7.26. The van der Waals surface area contributed by atoms with E-state index >= 15 is 0 Å². The molecule has 1 aliphatic rings. The van der Waals surface area contributed by atoms with Crippen LogP contribution in [0.1, 0.15) is 23.6 Å². The molecule has 288 valence electrons. The van der Waals surface area contributed by atoms with E-state index in [0.29, 0.717) is 5.84 Å². The van der Waals surface area contributed by atoms with E-state index in [2.05, 4.69) is 164 Å². The number of benzene rings is 8. The Morgan fingerprint density at radius 1 is 0.508 bits per heavy atom. The van der Waals surface area contributed by atoms with Gasteiger partial charge in [0.25, 0.3) is 0 Å². The van der Waals surface area contributed by atoms with Crippen LogP contribution in [0.4, 0.5) is 0 Å². The van der Waals surface area contributed by atoms with Crippen LogP contribution in [0.25, 0.3) is 86.5 Å². The van der Waals surface area contributed by atoms with Gasteiger partial charge in [-0.15, -0.1) is 11.3 Å². The van der Waals surface area contributed by atoms with Crippen molar-refractivity contribution in [3.63, 3.8) is 0 Å². The number of hydrogen-bond donors (Lipinski definition) is 1. The number of thiophene rings is 1. The van der Waals surface area contributed by atoms with Gasteiger partial charge in [-0.1, -0.05) is 170 Å². The van der Waals surface area contributed by atoms with E-state index < -0.39 is 5.66 Å². The summed E-state index contributed by atoms with van der Waals surface area (Å²) in [4.78, 5) is 15.8. The number of aromatic nitrogens is 1. The first-order valence-corrected chi connectivity index (χ1v) is 21.3. The predicted molar refractivity (Wildman–Crippen MR) is 255 cm³/mol. The zero-order valence-electron chi connectivity index (χ0n) is 33.1. The minimum Gasteiger partial charge on any atom is -0.456 e. The Kier molecular flexibility index (Phi) is 8.08. The SMILES string of the molecule is CC1(c2ccccc2)N=C(c2ccc(-c3nc4cc(-c5ccc(-c6cccc7oc8ccccc8c67)cc5)ccc4c4c3sc3ccccc34)cc2)N=C(c2ccccc2)N1. The average molecular weight is 801 g/mol. The number of hydrogen-bond acceptors (Lipinski definition) is 6. The lowest BCUT2D eigenvalue weighted by Gasteiger charge is -2.33. The molecule has 1 unspecified atom stereocenters. The number of rotatable bonds is 6. The maximum atomic E-state index is 6.20. The number of para-hydroxylation sites is 1. The van der Waals surface area contributed by atoms with E-state index in [4.69, 9.17) is 19.4 Å². The summed E-state index contributed by atoms with van der Waals surface area (Å²) in [6.45, 7) is 2.11. The molecular formula is C55H36N4OS. The van der Waals surface area contributed by atoms with Gasteiger partial charge < -0.3 is 9.73 Å². The third-order valence-corrected chi connectivity index (χ3v) is 13.1. The second-order valence-corrected chi connectivity index (χ2v) is 16.8. The molecule has 0 bridgehead atoms. The summed E-state index contributed by atoms with van der Waals surface area (Å²) < 4.78 is 8.63. The summed E-state index contributed by atoms with van der Waals surface area (Å²) in [5.41, 5.74) is 11.7. The number of pyridine rings is 1. The average Bonchev–Trinajstić information content (AvgIpc) is 3.91. The van der Waals surface area contributed by atoms with Crippen molar-refractivity contribution >= 4 is 76.0 Å². The largest absolute Gasteiger partial charge is 0.456 e. The second kappa shape index (κ2) is 14.0. The fraction of sp³-hybridized carbons (Fsp3) is 0.0364. The van der Waals surface area contributed by atoms with Crippen LogP contribution < -0.4 is 5.32 Å². The van der Waals surface area contributed by atoms with Crippen molar-refractivity contribution in [1.82, 2.24) is 10.3 Å². The molecule has 0 saturated heterocycles. The van der Waals surface area contributed by atoms with Crippen molar-refractivity contribution in [2.45, 2.75) is 12.6 Å². The highest BCUT2D eigenvalue weighted by atomic mass is 32.1. The van der Waals surface area contributed by atoms with Gasteiger partial charge >= 0.3 is 0 Å². The van der Waals surface area contributed by atoms with Gasteiger partial charge in [-0.25, -0.2) is 15.0 Å². The molecule has 1 aliphatic heterocycles. The Morgan fingerprint density at radius 2 is 1.16 bits per heavy atom. The van der Waals surface area contributed by atoms with E-state index in [0.717, 1.165) is 88.9 Å². The van der Waals surface area contributed by atoms with E-state index in [1.807, 2.05) is 42.5 Å². The molecule has 8 aromatic carbocycles. The monoisotopic (exact) mass is 800 g/mol. The Bertz CT molecular complexity index is 3550. The lowest BCUT2D eigenvalue weighted by molar-refractivity contribution is 0.455. The number of nitrogens with one attached hydrogen (secondary N) is 1. The van der Waals surface area contributed by atoms with Gasteiger partial charge in [-0.3, -0.25) is 0 Å². The van der Waals surface area contributed by atoms with Crippen LogP contribution in [-0.4, -0.2) is 16.7 Å². The van der Waals surface area contributed by atoms with Crippen molar-refractivity contribution in [1.29, 1.82) is 0 Å². The van der Waals surface area contributed by atoms with E-state index in [9.17, 15) is 0 Å². The summed E-state index contributed by atoms with van der Waals surface area (Å²) in [6.07, 6.45) is 0. The predicted octanol–water partition coefficient (Wildman–Crippen LogP) is 14.2. The summed E-state index contributed by atoms with van der Waals surface area (Å²) in [5, 5.41) is 9.56. The van der Waals surface area contributed by atoms with Crippen LogP contribution in [0.2, 0.25) is 0 Å². The quantitative estimate of drug-likeness (QED) is 0.182. The minimum absolute atomic E-state index is 0.680. The van der Waals surface area contributed by atoms with Crippen LogP contribution >= 0.6 is 11.3 Å². The van der Waals surface area contributed by atoms with Gasteiger partial charge in [0.1, 0.15) is 17.0 Å². The van der Waals surface area contributed by atoms with Crippen LogP contribution in [0.15, 0.2) is 209 Å². The molecule has 0 amide bonds. The molecule has 61 heavy (non-hydrogen) atoms. The van der Waals surface area contributed by atoms with Gasteiger partial charge in [0.2, 0.25) is 0 Å². The first-order chi connectivity index (χ1) is 30.1. The lowest BCUT2D eigenvalue weighted by atomic mass is 9.96. The Hall–Kier alpha value is -7.67. The third kappa shape index (κ3) is 5.94. The third-order valence-electron chi connectivity index (χ3n) is 12.0. The van der Waals surface area contributed by atoms with Crippen LogP contribution in [-0.2, 0) is 5.66 Å². The molecular weight excluding hydrogens is 765 g/mol. The van der Waals surface area contributed by atoms with E-state index in [1.165, 1.54) is 20.2 Å². The minimum atomic E-state index is -0.702. The van der Waals surface area contributed by atoms with Crippen molar-refractivity contribution in [3.05, 3.63) is 211 Å². The van der Waals surface area contributed by atoms with Crippen molar-refractivity contribution < 1.29 is 4.42 Å². The van der Waals surface area contributed by atoms with Crippen molar-refractivity contribution in [2.24, 2.45) is 9.98 Å². The Balaban J connectivity index is 0.950. The molecule has 1 N–H and O–H groups in total. The number of fused-ring (bicyclic) bond motifs is 8. The maximum Gasteiger partial charge on any atom is 0.159 e. The van der Waals surface area contributed by atoms with Crippen molar-refractivity contribution in [3.8, 4) is 33.5 Å². The maximum absolute atomic E-state index is 6.20. The molecule has 5 nitrogen and oxygen atoms in total. The molecule has 0 aliphatic carbocycles. The highest BCUT2D eigenvalue weighted by Gasteiger charge is 2.32. The number of amidine groups is 2. The van der Waals surface area contributed by atoms with Crippen LogP contribution in [0.5, 0.6) is 0 Å². The zero-order valence-corrected chi connectivity index (χ0v) is 33.9. The van der Waals surface area contributed by atoms with Gasteiger partial charge in [-0.05, 0) is 59.0 Å². The molecule has 11 aromatic rings. The molecule has 0 spiro atoms. The van der Waals surface area contributed by atoms with Crippen LogP contribution in [0, 0.1) is 0 Å². The topological polar surface area (TPSA) is 62.8 Å². The Morgan fingerprint density at radius 3 is 1.98 bits per heavy atom. The number of aliphatic imine (C=N–C) groups is 2. The van der Waals surface area contributed by atoms with Gasteiger partial charge in [-0.2, -0.15) is 0 Å². The fourth-order valence-corrected chi connectivity index (χ4v) is 10.1. The number of nitrogens with zero attached hydrogens (tertiary/aromatic N) is 3. The van der Waals surface area contributed by atoms with Crippen molar-refractivity contribution in [2.75, 3.05) is 0 Å². The van der Waals surface area contributed by atoms with E-state index in [-0.39, 0.29) is 0 Å². The normalized spacial score (nSPS) is 15.4. The molecule has 4 heterocycles. The van der Waals surface area contributed by atoms with Gasteiger partial charge in [0.15, 0.2) is 11.5 Å². The number of furan rings is 1. The Labute approximate surface area is 356 Å². The highest BCUT2D eigenvalue weighted by Crippen LogP contribution is 2.44. The summed E-state index contributed by atoms with van der Waals surface area (Å²) in [7, 11) is 0. The summed E-state index contributed by atoms with van der Waals surface area (Å²) >= 11 is 1.80. The van der Waals surface area contributed by atoms with E-state index in [1.54, 1.807) is 11.3 Å². The lowest BCUT2D eigenvalue weighted by Crippen LogP contribution is -2.46. The standard InChI is InChI=1S/C55H36N4OS/c1-55(40-15-6-3-7-16-40)58-53(37-13-4-2-5-14-37)57-54(59-55)38-29-27-36(28-30-38)51-52-50(44-18-9-11-22-48(44)61-52)42-32-31-39(33-45(42)56-51)34-23-25-35(26-24-34)41-19-12-21-47-49(41)43-17-8-10-20-46(43)60-47/h2-33H,1H3,(H,57,58,59). The molecule has 0 radical (unpaired) electrons. The molecule has 1 atom stereocenters.